The van der Waals surface area contributed by atoms with Gasteiger partial charge in [0.05, 0.1) is 21.5 Å². The monoisotopic (exact) mass is 667 g/mol. The third-order valence-electron chi connectivity index (χ3n) is 7.67. The first-order valence-electron chi connectivity index (χ1n) is 13.6. The summed E-state index contributed by atoms with van der Waals surface area (Å²) in [6, 6.07) is 17.9. The minimum Gasteiger partial charge on any atom is -0.378 e. The molecule has 232 valence electrons. The van der Waals surface area contributed by atoms with Gasteiger partial charge in [0.15, 0.2) is 0 Å². The number of nitrogens with one attached hydrogen (secondary N) is 1. The lowest BCUT2D eigenvalue weighted by molar-refractivity contribution is -0.122. The summed E-state index contributed by atoms with van der Waals surface area (Å²) in [6.07, 6.45) is 0. The van der Waals surface area contributed by atoms with Crippen LogP contribution in [0.15, 0.2) is 87.5 Å². The number of primary sulfonamides is 1. The Kier molecular flexibility index (Phi) is 7.89. The van der Waals surface area contributed by atoms with Gasteiger partial charge in [-0.15, -0.1) is 0 Å². The molecule has 1 saturated heterocycles. The third kappa shape index (κ3) is 5.67. The first-order valence-corrected chi connectivity index (χ1v) is 16.8. The minimum absolute atomic E-state index is 0.121. The maximum atomic E-state index is 14.0. The van der Waals surface area contributed by atoms with Crippen molar-refractivity contribution in [3.8, 4) is 0 Å². The van der Waals surface area contributed by atoms with E-state index in [0.29, 0.717) is 15.6 Å². The molecule has 3 amide bonds. The van der Waals surface area contributed by atoms with Gasteiger partial charge in [-0.1, -0.05) is 35.2 Å². The van der Waals surface area contributed by atoms with Crippen molar-refractivity contribution in [1.82, 2.24) is 4.57 Å². The Balaban J connectivity index is 1.37. The number of carbonyl (C=O) groups excluding carboxylic acids is 3. The topological polar surface area (TPSA) is 152 Å². The Bertz CT molecular complexity index is 1990. The zero-order valence-electron chi connectivity index (χ0n) is 23.8. The fourth-order valence-corrected chi connectivity index (χ4v) is 8.80. The molecule has 3 atom stereocenters. The molecular weight excluding hydrogens is 642 g/mol. The maximum Gasteiger partial charge on any atom is 0.308 e. The van der Waals surface area contributed by atoms with E-state index in [1.54, 1.807) is 0 Å². The van der Waals surface area contributed by atoms with Crippen molar-refractivity contribution < 1.29 is 27.2 Å². The van der Waals surface area contributed by atoms with E-state index >= 15 is 0 Å². The number of rotatable bonds is 7. The molecule has 11 nitrogen and oxygen atoms in total. The predicted molar refractivity (Wildman–Crippen MR) is 170 cm³/mol. The molecule has 3 heterocycles. The molecule has 0 aliphatic carbocycles. The number of thioether (sulfide) groups is 1. The normalized spacial score (nSPS) is 19.3. The van der Waals surface area contributed by atoms with E-state index in [2.05, 4.69) is 5.32 Å². The Morgan fingerprint density at radius 1 is 0.956 bits per heavy atom. The molecule has 0 bridgehead atoms. The second kappa shape index (κ2) is 11.6. The Morgan fingerprint density at radius 3 is 2.20 bits per heavy atom. The number of amides is 3. The summed E-state index contributed by atoms with van der Waals surface area (Å²) < 4.78 is 38.1. The summed E-state index contributed by atoms with van der Waals surface area (Å²) in [4.78, 5) is 57.2. The summed E-state index contributed by atoms with van der Waals surface area (Å²) in [5.41, 5.74) is 2.19. The Labute approximate surface area is 265 Å². The maximum absolute atomic E-state index is 14.0. The van der Waals surface area contributed by atoms with Gasteiger partial charge in [0, 0.05) is 36.3 Å². The molecule has 0 spiro atoms. The number of thiazole rings is 1. The smallest absolute Gasteiger partial charge is 0.308 e. The zero-order chi connectivity index (χ0) is 32.2. The average molecular weight is 668 g/mol. The summed E-state index contributed by atoms with van der Waals surface area (Å²) in [5.74, 6) is -3.51. The fourth-order valence-electron chi connectivity index (χ4n) is 5.51. The number of hydrogen-bond acceptors (Lipinski definition) is 9. The van der Waals surface area contributed by atoms with Crippen LogP contribution in [0.3, 0.4) is 0 Å². The number of sulfonamides is 1. The van der Waals surface area contributed by atoms with Crippen LogP contribution in [0.2, 0.25) is 0 Å². The van der Waals surface area contributed by atoms with Crippen LogP contribution in [0.4, 0.5) is 21.5 Å². The van der Waals surface area contributed by atoms with E-state index in [1.807, 2.05) is 43.3 Å². The van der Waals surface area contributed by atoms with Gasteiger partial charge in [-0.2, -0.15) is 0 Å². The van der Waals surface area contributed by atoms with Crippen LogP contribution < -0.4 is 25.1 Å². The van der Waals surface area contributed by atoms with Crippen LogP contribution in [0.5, 0.6) is 0 Å². The number of carbonyl (C=O) groups is 3. The number of anilines is 3. The van der Waals surface area contributed by atoms with Crippen LogP contribution in [0.1, 0.15) is 16.4 Å². The van der Waals surface area contributed by atoms with E-state index in [-0.39, 0.29) is 17.1 Å². The molecule has 4 aromatic rings. The van der Waals surface area contributed by atoms with E-state index in [4.69, 9.17) is 5.14 Å². The Morgan fingerprint density at radius 2 is 1.60 bits per heavy atom. The van der Waals surface area contributed by atoms with Gasteiger partial charge < -0.3 is 10.2 Å². The van der Waals surface area contributed by atoms with Crippen molar-refractivity contribution in [2.45, 2.75) is 27.6 Å². The summed E-state index contributed by atoms with van der Waals surface area (Å²) in [7, 11) is -0.124. The summed E-state index contributed by atoms with van der Waals surface area (Å²) in [5, 5.41) is 7.29. The number of benzene rings is 3. The van der Waals surface area contributed by atoms with Gasteiger partial charge in [0.25, 0.3) is 0 Å². The molecular formula is C30H26FN5O6S3. The number of fused-ring (bicyclic) bond motifs is 2. The quantitative estimate of drug-likeness (QED) is 0.285. The van der Waals surface area contributed by atoms with Crippen LogP contribution in [-0.4, -0.2) is 50.1 Å². The van der Waals surface area contributed by atoms with Gasteiger partial charge >= 0.3 is 4.87 Å². The second-order valence-corrected chi connectivity index (χ2v) is 14.4. The van der Waals surface area contributed by atoms with E-state index in [9.17, 15) is 32.0 Å². The number of hydrogen-bond donors (Lipinski definition) is 2. The number of halogens is 1. The number of imide groups is 1. The molecule has 0 saturated carbocycles. The molecule has 3 aromatic carbocycles. The van der Waals surface area contributed by atoms with E-state index < -0.39 is 55.5 Å². The standard InChI is InChI=1S/C30H26FN5O6S3/c1-34(2)19-9-3-16(4-10-19)23-24-25(28(39)36(27(24)38)20-11-5-17(31)6-12-20)43-29-26(23)44-30(40)35(29)15-22(37)33-18-7-13-21(14-8-18)45(32,41)42/h3-14,23-25H,15H2,1-2H3,(H,33,37)(H2,32,41,42)/t23-,24-,25+/m0/s1. The molecule has 45 heavy (non-hydrogen) atoms. The highest BCUT2D eigenvalue weighted by Crippen LogP contribution is 2.54. The van der Waals surface area contributed by atoms with E-state index in [1.165, 1.54) is 53.1 Å². The predicted octanol–water partition coefficient (Wildman–Crippen LogP) is 3.20. The zero-order valence-corrected chi connectivity index (χ0v) is 26.3. The van der Waals surface area contributed by atoms with Gasteiger partial charge in [-0.05, 0) is 66.2 Å². The van der Waals surface area contributed by atoms with Gasteiger partial charge in [0.1, 0.15) is 17.6 Å². The van der Waals surface area contributed by atoms with Gasteiger partial charge in [-0.3, -0.25) is 23.7 Å². The SMILES string of the molecule is CN(C)c1ccc([C@@H]2c3sc(=O)n(CC(=O)Nc4ccc(S(N)(=O)=O)cc4)c3S[C@H]3C(=O)N(c4ccc(F)cc4)C(=O)[C@@H]23)cc1. The minimum atomic E-state index is -3.91. The van der Waals surface area contributed by atoms with Crippen molar-refractivity contribution in [1.29, 1.82) is 0 Å². The Hall–Kier alpha value is -4.31. The molecule has 2 aliphatic heterocycles. The van der Waals surface area contributed by atoms with Crippen LogP contribution in [-0.2, 0) is 31.0 Å². The first-order chi connectivity index (χ1) is 21.3. The highest BCUT2D eigenvalue weighted by atomic mass is 32.2. The van der Waals surface area contributed by atoms with Crippen molar-refractivity contribution in [3.05, 3.63) is 98.7 Å². The van der Waals surface area contributed by atoms with Crippen molar-refractivity contribution >= 4 is 67.9 Å². The second-order valence-electron chi connectivity index (χ2n) is 10.8. The highest BCUT2D eigenvalue weighted by molar-refractivity contribution is 8.00. The molecule has 0 unspecified atom stereocenters. The average Bonchev–Trinajstić information content (AvgIpc) is 3.43. The molecule has 15 heteroatoms. The van der Waals surface area contributed by atoms with E-state index in [0.717, 1.165) is 39.2 Å². The van der Waals surface area contributed by atoms with Crippen LogP contribution in [0, 0.1) is 11.7 Å². The summed E-state index contributed by atoms with van der Waals surface area (Å²) in [6.45, 7) is -0.387. The first kappa shape index (κ1) is 30.7. The molecule has 0 radical (unpaired) electrons. The van der Waals surface area contributed by atoms with Crippen molar-refractivity contribution in [2.75, 3.05) is 29.2 Å². The lowest BCUT2D eigenvalue weighted by atomic mass is 9.83. The molecule has 1 fully saturated rings. The lowest BCUT2D eigenvalue weighted by Gasteiger charge is -2.31. The molecule has 1 aromatic heterocycles. The number of nitrogens with zero attached hydrogens (tertiary/aromatic N) is 3. The molecule has 6 rings (SSSR count). The van der Waals surface area contributed by atoms with Crippen LogP contribution in [0.25, 0.3) is 0 Å². The van der Waals surface area contributed by atoms with Crippen LogP contribution >= 0.6 is 23.1 Å². The highest BCUT2D eigenvalue weighted by Gasteiger charge is 2.56. The molecule has 3 N–H and O–H groups in total. The fraction of sp³-hybridized carbons (Fsp3) is 0.200. The summed E-state index contributed by atoms with van der Waals surface area (Å²) >= 11 is 1.98. The molecule has 2 aliphatic rings. The van der Waals surface area contributed by atoms with Crippen molar-refractivity contribution in [3.63, 3.8) is 0 Å². The van der Waals surface area contributed by atoms with Gasteiger partial charge in [0.2, 0.25) is 27.7 Å². The third-order valence-corrected chi connectivity index (χ3v) is 11.2. The number of nitrogens with two attached hydrogens (primary N) is 1. The largest absolute Gasteiger partial charge is 0.378 e. The number of aromatic nitrogens is 1. The van der Waals surface area contributed by atoms with Crippen molar-refractivity contribution in [2.24, 2.45) is 11.1 Å². The lowest BCUT2D eigenvalue weighted by Crippen LogP contribution is -2.33. The van der Waals surface area contributed by atoms with Gasteiger partial charge in [-0.25, -0.2) is 22.8 Å².